The van der Waals surface area contributed by atoms with E-state index in [4.69, 9.17) is 0 Å². The molecule has 2 heteroatoms. The maximum absolute atomic E-state index is 2.59. The predicted octanol–water partition coefficient (Wildman–Crippen LogP) is 1.31. The van der Waals surface area contributed by atoms with Crippen molar-refractivity contribution in [2.24, 2.45) is 0 Å². The highest BCUT2D eigenvalue weighted by atomic mass is 15.3. The molecule has 0 spiro atoms. The fraction of sp³-hybridized carbons (Fsp3) is 0.900. The fourth-order valence-corrected chi connectivity index (χ4v) is 2.41. The number of nitrogens with zero attached hydrogens (tertiary/aromatic N) is 2. The van der Waals surface area contributed by atoms with Crippen molar-refractivity contribution in [1.29, 1.82) is 0 Å². The Morgan fingerprint density at radius 1 is 1.33 bits per heavy atom. The third kappa shape index (κ3) is 1.35. The molecule has 2 rings (SSSR count). The summed E-state index contributed by atoms with van der Waals surface area (Å²) in [7, 11) is 0. The zero-order valence-corrected chi connectivity index (χ0v) is 8.05. The van der Waals surface area contributed by atoms with Crippen LogP contribution in [0, 0.1) is 0 Å². The van der Waals surface area contributed by atoms with E-state index in [-0.39, 0.29) is 0 Å². The second-order valence-corrected chi connectivity index (χ2v) is 3.85. The van der Waals surface area contributed by atoms with Gasteiger partial charge in [-0.15, -0.1) is 0 Å². The lowest BCUT2D eigenvalue weighted by molar-refractivity contribution is -0.530. The standard InChI is InChI=1S/C10H19N2/c1-2-6-11-8-4-9-12-7-3-5-10(11)12/h2-9H2,1H3/q+1. The molecule has 0 aromatic rings. The summed E-state index contributed by atoms with van der Waals surface area (Å²) in [6.45, 7) is 7.48. The zero-order chi connectivity index (χ0) is 8.39. The molecule has 0 saturated heterocycles. The van der Waals surface area contributed by atoms with Gasteiger partial charge >= 0.3 is 0 Å². The van der Waals surface area contributed by atoms with Crippen molar-refractivity contribution in [3.05, 3.63) is 0 Å². The van der Waals surface area contributed by atoms with Gasteiger partial charge in [-0.1, -0.05) is 6.92 Å². The summed E-state index contributed by atoms with van der Waals surface area (Å²) in [6.07, 6.45) is 5.37. The van der Waals surface area contributed by atoms with Crippen LogP contribution in [0.5, 0.6) is 0 Å². The Balaban J connectivity index is 2.08. The number of hydrogen-bond donors (Lipinski definition) is 0. The first-order chi connectivity index (χ1) is 5.92. The molecule has 0 fully saturated rings. The van der Waals surface area contributed by atoms with Crippen molar-refractivity contribution >= 4 is 5.84 Å². The van der Waals surface area contributed by atoms with E-state index in [1.54, 1.807) is 5.84 Å². The largest absolute Gasteiger partial charge is 0.266 e. The van der Waals surface area contributed by atoms with Gasteiger partial charge in [0.2, 0.25) is 5.84 Å². The number of amidine groups is 1. The maximum atomic E-state index is 2.59. The van der Waals surface area contributed by atoms with Gasteiger partial charge < -0.3 is 0 Å². The Bertz CT molecular complexity index is 196. The average Bonchev–Trinajstić information content (AvgIpc) is 2.53. The summed E-state index contributed by atoms with van der Waals surface area (Å²) in [6, 6.07) is 0. The molecule has 12 heavy (non-hydrogen) atoms. The van der Waals surface area contributed by atoms with Crippen LogP contribution in [-0.4, -0.2) is 41.5 Å². The summed E-state index contributed by atoms with van der Waals surface area (Å²) in [4.78, 5) is 2.59. The molecule has 0 unspecified atom stereocenters. The molecule has 2 aliphatic rings. The van der Waals surface area contributed by atoms with Gasteiger partial charge in [-0.2, -0.15) is 0 Å². The lowest BCUT2D eigenvalue weighted by Gasteiger charge is -2.22. The summed E-state index contributed by atoms with van der Waals surface area (Å²) in [5.74, 6) is 1.64. The molecule has 0 amide bonds. The molecule has 0 atom stereocenters. The molecule has 2 heterocycles. The van der Waals surface area contributed by atoms with Crippen LogP contribution in [0.25, 0.3) is 0 Å². The monoisotopic (exact) mass is 167 g/mol. The van der Waals surface area contributed by atoms with Gasteiger partial charge in [-0.25, -0.2) is 0 Å². The molecule has 0 N–H and O–H groups in total. The molecule has 0 aromatic heterocycles. The summed E-state index contributed by atoms with van der Waals surface area (Å²) < 4.78 is 2.58. The van der Waals surface area contributed by atoms with E-state index in [0.29, 0.717) is 0 Å². The molecule has 0 aliphatic carbocycles. The predicted molar refractivity (Wildman–Crippen MR) is 50.7 cm³/mol. The first kappa shape index (κ1) is 8.09. The SMILES string of the molecule is CCCN1CCC[N+]2=C1CCC2. The van der Waals surface area contributed by atoms with Crippen molar-refractivity contribution in [1.82, 2.24) is 4.90 Å². The second kappa shape index (κ2) is 3.46. The fourth-order valence-electron chi connectivity index (χ4n) is 2.41. The highest BCUT2D eigenvalue weighted by Crippen LogP contribution is 2.14. The molecule has 0 aromatic carbocycles. The highest BCUT2D eigenvalue weighted by Gasteiger charge is 2.29. The highest BCUT2D eigenvalue weighted by molar-refractivity contribution is 5.78. The Hall–Kier alpha value is -0.530. The van der Waals surface area contributed by atoms with E-state index in [2.05, 4.69) is 16.4 Å². The summed E-state index contributed by atoms with van der Waals surface area (Å²) >= 11 is 0. The maximum Gasteiger partial charge on any atom is 0.246 e. The van der Waals surface area contributed by atoms with Crippen LogP contribution in [0.15, 0.2) is 0 Å². The van der Waals surface area contributed by atoms with Gasteiger partial charge in [0.1, 0.15) is 0 Å². The Morgan fingerprint density at radius 3 is 3.00 bits per heavy atom. The Kier molecular flexibility index (Phi) is 2.33. The van der Waals surface area contributed by atoms with Gasteiger partial charge in [0.25, 0.3) is 0 Å². The molecule has 2 nitrogen and oxygen atoms in total. The Labute approximate surface area is 74.9 Å². The molecule has 0 radical (unpaired) electrons. The third-order valence-corrected chi connectivity index (χ3v) is 2.91. The molecule has 68 valence electrons. The minimum atomic E-state index is 1.27. The van der Waals surface area contributed by atoms with Crippen molar-refractivity contribution in [2.75, 3.05) is 26.2 Å². The van der Waals surface area contributed by atoms with Crippen LogP contribution in [0.4, 0.5) is 0 Å². The lowest BCUT2D eigenvalue weighted by atomic mass is 10.2. The van der Waals surface area contributed by atoms with Gasteiger partial charge in [-0.05, 0) is 12.8 Å². The molecule has 2 aliphatic heterocycles. The first-order valence-corrected chi connectivity index (χ1v) is 5.27. The van der Waals surface area contributed by atoms with Crippen molar-refractivity contribution in [3.63, 3.8) is 0 Å². The van der Waals surface area contributed by atoms with Crippen molar-refractivity contribution < 1.29 is 4.58 Å². The van der Waals surface area contributed by atoms with E-state index in [1.807, 2.05) is 0 Å². The Morgan fingerprint density at radius 2 is 2.17 bits per heavy atom. The van der Waals surface area contributed by atoms with Crippen LogP contribution in [0.2, 0.25) is 0 Å². The van der Waals surface area contributed by atoms with Gasteiger partial charge in [0.05, 0.1) is 32.6 Å². The zero-order valence-electron chi connectivity index (χ0n) is 8.05. The molecule has 0 saturated carbocycles. The van der Waals surface area contributed by atoms with Gasteiger partial charge in [-0.3, -0.25) is 9.48 Å². The van der Waals surface area contributed by atoms with Crippen LogP contribution in [-0.2, 0) is 0 Å². The lowest BCUT2D eigenvalue weighted by Crippen LogP contribution is -2.41. The quantitative estimate of drug-likeness (QED) is 0.562. The summed E-state index contributed by atoms with van der Waals surface area (Å²) in [5.41, 5.74) is 0. The van der Waals surface area contributed by atoms with Crippen molar-refractivity contribution in [2.45, 2.75) is 32.6 Å². The van der Waals surface area contributed by atoms with E-state index in [0.717, 1.165) is 0 Å². The van der Waals surface area contributed by atoms with Crippen LogP contribution < -0.4 is 0 Å². The minimum absolute atomic E-state index is 1.27. The number of hydrogen-bond acceptors (Lipinski definition) is 1. The first-order valence-electron chi connectivity index (χ1n) is 5.27. The average molecular weight is 167 g/mol. The smallest absolute Gasteiger partial charge is 0.246 e. The van der Waals surface area contributed by atoms with Crippen molar-refractivity contribution in [3.8, 4) is 0 Å². The minimum Gasteiger partial charge on any atom is -0.266 e. The number of rotatable bonds is 2. The molecule has 0 bridgehead atoms. The van der Waals surface area contributed by atoms with E-state index in [1.165, 1.54) is 51.9 Å². The van der Waals surface area contributed by atoms with Crippen LogP contribution in [0.1, 0.15) is 32.6 Å². The van der Waals surface area contributed by atoms with Crippen LogP contribution in [0.3, 0.4) is 0 Å². The van der Waals surface area contributed by atoms with E-state index in [9.17, 15) is 0 Å². The van der Waals surface area contributed by atoms with Gasteiger partial charge in [0.15, 0.2) is 0 Å². The van der Waals surface area contributed by atoms with Crippen LogP contribution >= 0.6 is 0 Å². The summed E-state index contributed by atoms with van der Waals surface area (Å²) in [5, 5.41) is 0. The second-order valence-electron chi connectivity index (χ2n) is 3.85. The van der Waals surface area contributed by atoms with E-state index >= 15 is 0 Å². The third-order valence-electron chi connectivity index (χ3n) is 2.91. The van der Waals surface area contributed by atoms with Gasteiger partial charge in [0, 0.05) is 6.42 Å². The normalized spacial score (nSPS) is 23.2. The molecular weight excluding hydrogens is 148 g/mol. The molecular formula is C10H19N2+. The van der Waals surface area contributed by atoms with E-state index < -0.39 is 0 Å². The topological polar surface area (TPSA) is 6.25 Å².